The smallest absolute Gasteiger partial charge is 0.251 e. The fourth-order valence-electron chi connectivity index (χ4n) is 1.88. The van der Waals surface area contributed by atoms with Crippen molar-refractivity contribution in [2.75, 3.05) is 6.54 Å². The van der Waals surface area contributed by atoms with Gasteiger partial charge in [0.2, 0.25) is 0 Å². The van der Waals surface area contributed by atoms with E-state index in [4.69, 9.17) is 0 Å². The van der Waals surface area contributed by atoms with Crippen LogP contribution in [0.5, 0.6) is 0 Å². The van der Waals surface area contributed by atoms with Gasteiger partial charge in [0.05, 0.1) is 0 Å². The van der Waals surface area contributed by atoms with Crippen molar-refractivity contribution in [2.24, 2.45) is 0 Å². The van der Waals surface area contributed by atoms with Crippen LogP contribution in [0.1, 0.15) is 42.3 Å². The number of hydrogen-bond acceptors (Lipinski definition) is 1. The summed E-state index contributed by atoms with van der Waals surface area (Å²) in [5.41, 5.74) is 3.35. The van der Waals surface area contributed by atoms with Gasteiger partial charge in [0, 0.05) is 12.1 Å². The van der Waals surface area contributed by atoms with Gasteiger partial charge in [-0.2, -0.15) is 0 Å². The van der Waals surface area contributed by atoms with Gasteiger partial charge in [-0.1, -0.05) is 32.9 Å². The largest absolute Gasteiger partial charge is 0.352 e. The number of carbonyl (C=O) groups is 1. The zero-order valence-electron chi connectivity index (χ0n) is 9.55. The van der Waals surface area contributed by atoms with Gasteiger partial charge in [0.25, 0.3) is 5.91 Å². The average molecular weight is 203 g/mol. The molecule has 1 heterocycles. The van der Waals surface area contributed by atoms with Crippen LogP contribution in [0.3, 0.4) is 0 Å². The maximum absolute atomic E-state index is 11.7. The van der Waals surface area contributed by atoms with Crippen molar-refractivity contribution in [3.63, 3.8) is 0 Å². The summed E-state index contributed by atoms with van der Waals surface area (Å²) in [6.45, 7) is 7.25. The van der Waals surface area contributed by atoms with Crippen LogP contribution in [0, 0.1) is 0 Å². The van der Waals surface area contributed by atoms with E-state index in [1.807, 2.05) is 6.07 Å². The van der Waals surface area contributed by atoms with Crippen molar-refractivity contribution >= 4 is 5.91 Å². The lowest BCUT2D eigenvalue weighted by atomic mass is 9.84. The molecular weight excluding hydrogens is 186 g/mol. The molecule has 0 spiro atoms. The summed E-state index contributed by atoms with van der Waals surface area (Å²) in [6.07, 6.45) is 0.950. The van der Waals surface area contributed by atoms with E-state index in [1.54, 1.807) is 0 Å². The van der Waals surface area contributed by atoms with Gasteiger partial charge in [-0.3, -0.25) is 4.79 Å². The zero-order chi connectivity index (χ0) is 11.1. The minimum absolute atomic E-state index is 0.0716. The molecule has 0 radical (unpaired) electrons. The van der Waals surface area contributed by atoms with Crippen LogP contribution in [0.25, 0.3) is 0 Å². The molecule has 0 atom stereocenters. The quantitative estimate of drug-likeness (QED) is 0.688. The van der Waals surface area contributed by atoms with Crippen molar-refractivity contribution in [3.8, 4) is 0 Å². The number of amides is 1. The fraction of sp³-hybridized carbons (Fsp3) is 0.462. The first-order valence-corrected chi connectivity index (χ1v) is 5.40. The van der Waals surface area contributed by atoms with E-state index in [0.717, 1.165) is 18.5 Å². The molecular formula is C13H17NO. The number of rotatable bonds is 0. The SMILES string of the molecule is CC(C)(C)c1ccc2c(c1)C(=O)NCC2. The summed E-state index contributed by atoms with van der Waals surface area (Å²) in [5.74, 6) is 0.0716. The first-order valence-electron chi connectivity index (χ1n) is 5.40. The molecule has 0 saturated heterocycles. The highest BCUT2D eigenvalue weighted by atomic mass is 16.1. The van der Waals surface area contributed by atoms with Crippen LogP contribution in [0.2, 0.25) is 0 Å². The molecule has 1 N–H and O–H groups in total. The number of nitrogens with one attached hydrogen (secondary N) is 1. The molecule has 2 rings (SSSR count). The summed E-state index contributed by atoms with van der Waals surface area (Å²) < 4.78 is 0. The van der Waals surface area contributed by atoms with E-state index in [9.17, 15) is 4.79 Å². The molecule has 0 aromatic heterocycles. The number of hydrogen-bond donors (Lipinski definition) is 1. The van der Waals surface area contributed by atoms with Crippen molar-refractivity contribution < 1.29 is 4.79 Å². The minimum Gasteiger partial charge on any atom is -0.352 e. The van der Waals surface area contributed by atoms with Gasteiger partial charge in [-0.15, -0.1) is 0 Å². The lowest BCUT2D eigenvalue weighted by Crippen LogP contribution is -2.32. The molecule has 0 saturated carbocycles. The molecule has 1 aromatic carbocycles. The second-order valence-corrected chi connectivity index (χ2v) is 5.13. The molecule has 1 amide bonds. The third kappa shape index (κ3) is 1.89. The van der Waals surface area contributed by atoms with Crippen molar-refractivity contribution in [2.45, 2.75) is 32.6 Å². The Morgan fingerprint density at radius 2 is 2.00 bits per heavy atom. The van der Waals surface area contributed by atoms with Crippen LogP contribution in [-0.2, 0) is 11.8 Å². The van der Waals surface area contributed by atoms with E-state index in [0.29, 0.717) is 0 Å². The van der Waals surface area contributed by atoms with Crippen LogP contribution in [-0.4, -0.2) is 12.5 Å². The van der Waals surface area contributed by atoms with Crippen molar-refractivity contribution in [1.29, 1.82) is 0 Å². The van der Waals surface area contributed by atoms with Crippen LogP contribution in [0.15, 0.2) is 18.2 Å². The van der Waals surface area contributed by atoms with E-state index < -0.39 is 0 Å². The average Bonchev–Trinajstić information content (AvgIpc) is 2.16. The molecule has 2 nitrogen and oxygen atoms in total. The topological polar surface area (TPSA) is 29.1 Å². The number of benzene rings is 1. The molecule has 1 aromatic rings. The maximum atomic E-state index is 11.7. The second kappa shape index (κ2) is 3.37. The van der Waals surface area contributed by atoms with Gasteiger partial charge >= 0.3 is 0 Å². The standard InChI is InChI=1S/C13H17NO/c1-13(2,3)10-5-4-9-6-7-14-12(15)11(9)8-10/h4-5,8H,6-7H2,1-3H3,(H,14,15). The van der Waals surface area contributed by atoms with Gasteiger partial charge in [-0.25, -0.2) is 0 Å². The lowest BCUT2D eigenvalue weighted by Gasteiger charge is -2.23. The predicted molar refractivity (Wildman–Crippen MR) is 61.2 cm³/mol. The highest BCUT2D eigenvalue weighted by Crippen LogP contribution is 2.25. The monoisotopic (exact) mass is 203 g/mol. The molecule has 1 aliphatic heterocycles. The summed E-state index contributed by atoms with van der Waals surface area (Å²) in [5, 5.41) is 2.88. The van der Waals surface area contributed by atoms with Crippen LogP contribution < -0.4 is 5.32 Å². The van der Waals surface area contributed by atoms with E-state index in [2.05, 4.69) is 38.2 Å². The molecule has 0 fully saturated rings. The Hall–Kier alpha value is -1.31. The third-order valence-corrected chi connectivity index (χ3v) is 2.90. The van der Waals surface area contributed by atoms with Crippen molar-refractivity contribution in [3.05, 3.63) is 34.9 Å². The molecule has 80 valence electrons. The summed E-state index contributed by atoms with van der Waals surface area (Å²) in [7, 11) is 0. The Morgan fingerprint density at radius 1 is 1.27 bits per heavy atom. The third-order valence-electron chi connectivity index (χ3n) is 2.90. The Kier molecular flexibility index (Phi) is 2.29. The highest BCUT2D eigenvalue weighted by Gasteiger charge is 2.20. The van der Waals surface area contributed by atoms with Gasteiger partial charge in [0.1, 0.15) is 0 Å². The zero-order valence-corrected chi connectivity index (χ0v) is 9.55. The second-order valence-electron chi connectivity index (χ2n) is 5.13. The Labute approximate surface area is 90.7 Å². The number of carbonyl (C=O) groups excluding carboxylic acids is 1. The fourth-order valence-corrected chi connectivity index (χ4v) is 1.88. The summed E-state index contributed by atoms with van der Waals surface area (Å²) in [6, 6.07) is 6.26. The molecule has 0 aliphatic carbocycles. The minimum atomic E-state index is 0.0716. The van der Waals surface area contributed by atoms with E-state index in [1.165, 1.54) is 11.1 Å². The van der Waals surface area contributed by atoms with Gasteiger partial charge in [0.15, 0.2) is 0 Å². The molecule has 1 aliphatic rings. The Balaban J connectivity index is 2.49. The van der Waals surface area contributed by atoms with Crippen LogP contribution in [0.4, 0.5) is 0 Å². The van der Waals surface area contributed by atoms with E-state index in [-0.39, 0.29) is 11.3 Å². The Bertz CT molecular complexity index is 401. The molecule has 2 heteroatoms. The highest BCUT2D eigenvalue weighted by molar-refractivity contribution is 5.96. The molecule has 15 heavy (non-hydrogen) atoms. The first-order chi connectivity index (χ1) is 6.98. The first kappa shape index (κ1) is 10.2. The van der Waals surface area contributed by atoms with Crippen LogP contribution >= 0.6 is 0 Å². The van der Waals surface area contributed by atoms with Gasteiger partial charge in [-0.05, 0) is 29.0 Å². The summed E-state index contributed by atoms with van der Waals surface area (Å²) in [4.78, 5) is 11.7. The van der Waals surface area contributed by atoms with Gasteiger partial charge < -0.3 is 5.32 Å². The lowest BCUT2D eigenvalue weighted by molar-refractivity contribution is 0.0946. The predicted octanol–water partition coefficient (Wildman–Crippen LogP) is 2.27. The van der Waals surface area contributed by atoms with E-state index >= 15 is 0 Å². The molecule has 0 unspecified atom stereocenters. The normalized spacial score (nSPS) is 15.8. The Morgan fingerprint density at radius 3 is 2.67 bits per heavy atom. The molecule has 0 bridgehead atoms. The number of fused-ring (bicyclic) bond motifs is 1. The maximum Gasteiger partial charge on any atom is 0.251 e. The summed E-state index contributed by atoms with van der Waals surface area (Å²) >= 11 is 0. The van der Waals surface area contributed by atoms with Crippen molar-refractivity contribution in [1.82, 2.24) is 5.32 Å².